The summed E-state index contributed by atoms with van der Waals surface area (Å²) in [5.74, 6) is 0.275. The van der Waals surface area contributed by atoms with Crippen molar-refractivity contribution in [3.63, 3.8) is 0 Å². The molecule has 0 radical (unpaired) electrons. The van der Waals surface area contributed by atoms with Crippen molar-refractivity contribution in [2.45, 2.75) is 26.9 Å². The second-order valence-corrected chi connectivity index (χ2v) is 6.92. The summed E-state index contributed by atoms with van der Waals surface area (Å²) in [5, 5.41) is 3.83. The number of pyridine rings is 1. The number of nitrogens with zero attached hydrogens (tertiary/aromatic N) is 4. The predicted molar refractivity (Wildman–Crippen MR) is 99.7 cm³/mol. The number of hydrogen-bond acceptors (Lipinski definition) is 6. The molecule has 0 N–H and O–H groups in total. The van der Waals surface area contributed by atoms with E-state index in [1.807, 2.05) is 13.0 Å². The molecule has 8 nitrogen and oxygen atoms in total. The monoisotopic (exact) mass is 374 g/mol. The summed E-state index contributed by atoms with van der Waals surface area (Å²) in [6, 6.07) is 3.60. The summed E-state index contributed by atoms with van der Waals surface area (Å²) in [7, 11) is 1.66. The summed E-state index contributed by atoms with van der Waals surface area (Å²) in [5.41, 5.74) is 1.38. The Kier molecular flexibility index (Phi) is 6.08. The number of aryl methyl sites for hydroxylation is 2. The van der Waals surface area contributed by atoms with E-state index in [2.05, 4.69) is 10.1 Å². The predicted octanol–water partition coefficient (Wildman–Crippen LogP) is 1.06. The molecule has 3 heterocycles. The van der Waals surface area contributed by atoms with E-state index in [4.69, 9.17) is 9.26 Å². The van der Waals surface area contributed by atoms with E-state index in [1.54, 1.807) is 30.8 Å². The number of rotatable bonds is 6. The largest absolute Gasteiger partial charge is 0.379 e. The van der Waals surface area contributed by atoms with Gasteiger partial charge in [0.05, 0.1) is 25.5 Å². The summed E-state index contributed by atoms with van der Waals surface area (Å²) in [4.78, 5) is 29.5. The van der Waals surface area contributed by atoms with Gasteiger partial charge in [0.25, 0.3) is 11.5 Å². The average Bonchev–Trinajstić information content (AvgIpc) is 3.06. The molecule has 0 aliphatic carbocycles. The number of carbonyl (C=O) groups excluding carboxylic acids is 1. The molecule has 3 rings (SSSR count). The van der Waals surface area contributed by atoms with E-state index in [-0.39, 0.29) is 23.6 Å². The van der Waals surface area contributed by atoms with Gasteiger partial charge in [-0.3, -0.25) is 14.5 Å². The van der Waals surface area contributed by atoms with Crippen molar-refractivity contribution in [1.82, 2.24) is 19.5 Å². The molecule has 1 aliphatic rings. The molecule has 0 saturated carbocycles. The van der Waals surface area contributed by atoms with Gasteiger partial charge in [-0.1, -0.05) is 5.16 Å². The first-order chi connectivity index (χ1) is 13.0. The topological polar surface area (TPSA) is 80.8 Å². The first-order valence-corrected chi connectivity index (χ1v) is 9.13. The van der Waals surface area contributed by atoms with E-state index in [0.717, 1.165) is 38.5 Å². The van der Waals surface area contributed by atoms with Crippen LogP contribution in [0.25, 0.3) is 0 Å². The second-order valence-electron chi connectivity index (χ2n) is 6.92. The summed E-state index contributed by atoms with van der Waals surface area (Å²) in [6.45, 7) is 8.35. The fourth-order valence-electron chi connectivity index (χ4n) is 3.16. The highest BCUT2D eigenvalue weighted by atomic mass is 16.5. The maximum Gasteiger partial charge on any atom is 0.263 e. The zero-order chi connectivity index (χ0) is 19.4. The molecule has 0 aromatic carbocycles. The van der Waals surface area contributed by atoms with E-state index >= 15 is 0 Å². The summed E-state index contributed by atoms with van der Waals surface area (Å²) < 4.78 is 12.1. The van der Waals surface area contributed by atoms with Crippen LogP contribution in [-0.2, 0) is 17.8 Å². The molecule has 1 fully saturated rings. The molecule has 0 spiro atoms. The third-order valence-corrected chi connectivity index (χ3v) is 4.76. The lowest BCUT2D eigenvalue weighted by molar-refractivity contribution is 0.0362. The Labute approximate surface area is 158 Å². The molecule has 0 bridgehead atoms. The molecule has 146 valence electrons. The standard InChI is InChI=1S/C19H26N4O4/c1-14-4-5-23(7-6-22-8-10-26-11-9-22)19(25)17(14)18(24)21(3)13-16-12-15(2)20-27-16/h4-5,12H,6-11,13H2,1-3H3. The van der Waals surface area contributed by atoms with E-state index < -0.39 is 0 Å². The molecule has 2 aromatic rings. The van der Waals surface area contributed by atoms with Gasteiger partial charge in [-0.15, -0.1) is 0 Å². The van der Waals surface area contributed by atoms with Crippen molar-refractivity contribution in [2.24, 2.45) is 0 Å². The number of amides is 1. The van der Waals surface area contributed by atoms with Crippen LogP contribution in [0.1, 0.15) is 27.4 Å². The minimum absolute atomic E-state index is 0.207. The first-order valence-electron chi connectivity index (χ1n) is 9.13. The Morgan fingerprint density at radius 3 is 2.67 bits per heavy atom. The van der Waals surface area contributed by atoms with Gasteiger partial charge in [0.2, 0.25) is 0 Å². The van der Waals surface area contributed by atoms with Gasteiger partial charge >= 0.3 is 0 Å². The van der Waals surface area contributed by atoms with Crippen LogP contribution in [0.3, 0.4) is 0 Å². The van der Waals surface area contributed by atoms with Crippen molar-refractivity contribution in [3.8, 4) is 0 Å². The fraction of sp³-hybridized carbons (Fsp3) is 0.526. The van der Waals surface area contributed by atoms with Crippen molar-refractivity contribution in [3.05, 3.63) is 51.3 Å². The first kappa shape index (κ1) is 19.3. The molecule has 0 atom stereocenters. The third kappa shape index (κ3) is 4.64. The van der Waals surface area contributed by atoms with Crippen LogP contribution in [0.5, 0.6) is 0 Å². The van der Waals surface area contributed by atoms with Crippen molar-refractivity contribution >= 4 is 5.91 Å². The molecule has 2 aromatic heterocycles. The van der Waals surface area contributed by atoms with Crippen LogP contribution in [0.15, 0.2) is 27.6 Å². The number of morpholine rings is 1. The van der Waals surface area contributed by atoms with Gasteiger partial charge in [-0.2, -0.15) is 0 Å². The number of carbonyl (C=O) groups is 1. The molecular formula is C19H26N4O4. The second kappa shape index (κ2) is 8.49. The maximum absolute atomic E-state index is 12.9. The Balaban J connectivity index is 1.73. The highest BCUT2D eigenvalue weighted by molar-refractivity contribution is 5.95. The quantitative estimate of drug-likeness (QED) is 0.752. The van der Waals surface area contributed by atoms with Crippen LogP contribution < -0.4 is 5.56 Å². The highest BCUT2D eigenvalue weighted by Gasteiger charge is 2.21. The molecule has 0 unspecified atom stereocenters. The smallest absolute Gasteiger partial charge is 0.263 e. The minimum atomic E-state index is -0.313. The Morgan fingerprint density at radius 2 is 2.00 bits per heavy atom. The van der Waals surface area contributed by atoms with Crippen LogP contribution in [0, 0.1) is 13.8 Å². The lowest BCUT2D eigenvalue weighted by Crippen LogP contribution is -2.40. The van der Waals surface area contributed by atoms with E-state index in [0.29, 0.717) is 17.9 Å². The Morgan fingerprint density at radius 1 is 1.26 bits per heavy atom. The molecule has 8 heteroatoms. The van der Waals surface area contributed by atoms with Crippen LogP contribution in [0.4, 0.5) is 0 Å². The zero-order valence-electron chi connectivity index (χ0n) is 16.1. The Bertz CT molecular complexity index is 852. The summed E-state index contributed by atoms with van der Waals surface area (Å²) >= 11 is 0. The Hall–Kier alpha value is -2.45. The number of aromatic nitrogens is 2. The van der Waals surface area contributed by atoms with Crippen LogP contribution in [-0.4, -0.2) is 65.3 Å². The van der Waals surface area contributed by atoms with E-state index in [9.17, 15) is 9.59 Å². The minimum Gasteiger partial charge on any atom is -0.379 e. The van der Waals surface area contributed by atoms with Crippen molar-refractivity contribution < 1.29 is 14.1 Å². The van der Waals surface area contributed by atoms with E-state index in [1.165, 1.54) is 4.90 Å². The van der Waals surface area contributed by atoms with Crippen LogP contribution in [0.2, 0.25) is 0 Å². The van der Waals surface area contributed by atoms with Gasteiger partial charge in [-0.05, 0) is 25.5 Å². The maximum atomic E-state index is 12.9. The van der Waals surface area contributed by atoms with Crippen LogP contribution >= 0.6 is 0 Å². The van der Waals surface area contributed by atoms with Crippen molar-refractivity contribution in [1.29, 1.82) is 0 Å². The molecular weight excluding hydrogens is 348 g/mol. The fourth-order valence-corrected chi connectivity index (χ4v) is 3.16. The zero-order valence-corrected chi connectivity index (χ0v) is 16.1. The SMILES string of the molecule is Cc1cc(CN(C)C(=O)c2c(C)ccn(CCN3CCOCC3)c2=O)on1. The molecule has 1 saturated heterocycles. The molecule has 1 amide bonds. The lowest BCUT2D eigenvalue weighted by Gasteiger charge is -2.26. The lowest BCUT2D eigenvalue weighted by atomic mass is 10.1. The van der Waals surface area contributed by atoms with Gasteiger partial charge in [0.1, 0.15) is 5.56 Å². The van der Waals surface area contributed by atoms with Gasteiger partial charge < -0.3 is 18.7 Å². The highest BCUT2D eigenvalue weighted by Crippen LogP contribution is 2.10. The normalized spacial score (nSPS) is 15.1. The molecule has 27 heavy (non-hydrogen) atoms. The van der Waals surface area contributed by atoms with Gasteiger partial charge in [0.15, 0.2) is 5.76 Å². The van der Waals surface area contributed by atoms with Crippen molar-refractivity contribution in [2.75, 3.05) is 39.9 Å². The number of ether oxygens (including phenoxy) is 1. The van der Waals surface area contributed by atoms with Gasteiger partial charge in [0, 0.05) is 45.5 Å². The summed E-state index contributed by atoms with van der Waals surface area (Å²) in [6.07, 6.45) is 1.76. The van der Waals surface area contributed by atoms with Gasteiger partial charge in [-0.25, -0.2) is 0 Å². The average molecular weight is 374 g/mol. The number of hydrogen-bond donors (Lipinski definition) is 0. The molecule has 1 aliphatic heterocycles. The third-order valence-electron chi connectivity index (χ3n) is 4.76.